The van der Waals surface area contributed by atoms with E-state index in [9.17, 15) is 23.1 Å². The summed E-state index contributed by atoms with van der Waals surface area (Å²) in [5.41, 5.74) is 1.97. The van der Waals surface area contributed by atoms with E-state index in [0.29, 0.717) is 25.7 Å². The van der Waals surface area contributed by atoms with E-state index < -0.39 is 17.9 Å². The maximum absolute atomic E-state index is 13.0. The van der Waals surface area contributed by atoms with Crippen LogP contribution in [-0.2, 0) is 5.54 Å². The molecule has 10 heteroatoms. The van der Waals surface area contributed by atoms with E-state index in [1.54, 1.807) is 12.1 Å². The molecule has 0 saturated heterocycles. The van der Waals surface area contributed by atoms with Crippen molar-refractivity contribution in [2.75, 3.05) is 0 Å². The lowest BCUT2D eigenvalue weighted by molar-refractivity contribution is -0.274. The fourth-order valence-electron chi connectivity index (χ4n) is 6.28. The van der Waals surface area contributed by atoms with E-state index in [1.165, 1.54) is 16.8 Å². The van der Waals surface area contributed by atoms with Gasteiger partial charge in [0, 0.05) is 0 Å². The Bertz CT molecular complexity index is 1620. The average Bonchev–Trinajstić information content (AvgIpc) is 3.47. The van der Waals surface area contributed by atoms with Gasteiger partial charge in [0.15, 0.2) is 0 Å². The van der Waals surface area contributed by atoms with Crippen molar-refractivity contribution in [2.24, 2.45) is 0 Å². The van der Waals surface area contributed by atoms with Crippen molar-refractivity contribution < 1.29 is 32.5 Å². The zero-order chi connectivity index (χ0) is 31.4. The Morgan fingerprint density at radius 1 is 0.733 bits per heavy atom. The van der Waals surface area contributed by atoms with E-state index in [-0.39, 0.29) is 29.3 Å². The number of aromatic nitrogens is 3. The van der Waals surface area contributed by atoms with Gasteiger partial charge in [-0.2, -0.15) is 0 Å². The second-order valence-corrected chi connectivity index (χ2v) is 11.0. The Kier molecular flexibility index (Phi) is 8.30. The summed E-state index contributed by atoms with van der Waals surface area (Å²) in [6, 6.07) is 34.7. The molecule has 1 saturated carbocycles. The minimum Gasteiger partial charge on any atom is -0.476 e. The van der Waals surface area contributed by atoms with Crippen LogP contribution in [0.25, 0.3) is 0 Å². The average molecular weight is 614 g/mol. The monoisotopic (exact) mass is 613 g/mol. The maximum Gasteiger partial charge on any atom is 0.573 e. The van der Waals surface area contributed by atoms with Crippen LogP contribution in [-0.4, -0.2) is 38.5 Å². The highest BCUT2D eigenvalue weighted by molar-refractivity contribution is 5.88. The largest absolute Gasteiger partial charge is 0.573 e. The number of carboxylic acid groups (broad SMARTS) is 1. The number of aromatic carboxylic acids is 1. The smallest absolute Gasteiger partial charge is 0.476 e. The van der Waals surface area contributed by atoms with Crippen molar-refractivity contribution in [2.45, 2.75) is 49.6 Å². The molecule has 0 bridgehead atoms. The van der Waals surface area contributed by atoms with Crippen LogP contribution in [0.2, 0.25) is 0 Å². The number of alkyl halides is 3. The Balaban J connectivity index is 1.31. The molecule has 1 aliphatic carbocycles. The van der Waals surface area contributed by atoms with Crippen LogP contribution in [0, 0.1) is 0 Å². The van der Waals surface area contributed by atoms with E-state index in [0.717, 1.165) is 22.3 Å². The second kappa shape index (κ2) is 12.5. The summed E-state index contributed by atoms with van der Waals surface area (Å²) >= 11 is 0. The molecular formula is C35H30F3N3O4. The molecule has 5 aromatic rings. The van der Waals surface area contributed by atoms with Crippen LogP contribution in [0.1, 0.15) is 64.3 Å². The molecule has 0 radical (unpaired) electrons. The predicted molar refractivity (Wildman–Crippen MR) is 160 cm³/mol. The second-order valence-electron chi connectivity index (χ2n) is 11.0. The summed E-state index contributed by atoms with van der Waals surface area (Å²) in [6.07, 6.45) is -2.41. The zero-order valence-corrected chi connectivity index (χ0v) is 24.1. The Labute approximate surface area is 257 Å². The molecule has 1 heterocycles. The quantitative estimate of drug-likeness (QED) is 0.171. The first-order chi connectivity index (χ1) is 21.8. The van der Waals surface area contributed by atoms with Crippen molar-refractivity contribution in [3.05, 3.63) is 143 Å². The van der Waals surface area contributed by atoms with Gasteiger partial charge < -0.3 is 14.6 Å². The number of rotatable bonds is 9. The maximum atomic E-state index is 13.0. The molecule has 0 atom stereocenters. The molecule has 7 nitrogen and oxygen atoms in total. The molecule has 0 amide bonds. The molecule has 230 valence electrons. The van der Waals surface area contributed by atoms with Crippen LogP contribution >= 0.6 is 0 Å². The molecule has 1 aliphatic rings. The molecular weight excluding hydrogens is 583 g/mol. The van der Waals surface area contributed by atoms with Gasteiger partial charge in [-0.25, -0.2) is 9.48 Å². The van der Waals surface area contributed by atoms with Crippen LogP contribution in [0.5, 0.6) is 11.6 Å². The van der Waals surface area contributed by atoms with Crippen LogP contribution in [0.15, 0.2) is 115 Å². The molecule has 6 rings (SSSR count). The fourth-order valence-corrected chi connectivity index (χ4v) is 6.28. The molecule has 1 N–H and O–H groups in total. The summed E-state index contributed by atoms with van der Waals surface area (Å²) in [4.78, 5) is 13.0. The molecule has 1 fully saturated rings. The van der Waals surface area contributed by atoms with Crippen LogP contribution in [0.4, 0.5) is 13.2 Å². The Morgan fingerprint density at radius 2 is 1.22 bits per heavy atom. The third-order valence-electron chi connectivity index (χ3n) is 8.27. The van der Waals surface area contributed by atoms with Crippen molar-refractivity contribution >= 4 is 5.97 Å². The Hall–Kier alpha value is -5.12. The lowest BCUT2D eigenvalue weighted by Gasteiger charge is -2.36. The van der Waals surface area contributed by atoms with Crippen molar-refractivity contribution in [1.29, 1.82) is 0 Å². The van der Waals surface area contributed by atoms with Crippen molar-refractivity contribution in [1.82, 2.24) is 15.0 Å². The molecule has 0 spiro atoms. The van der Waals surface area contributed by atoms with Crippen LogP contribution in [0.3, 0.4) is 0 Å². The number of benzene rings is 4. The van der Waals surface area contributed by atoms with Gasteiger partial charge in [-0.05, 0) is 66.0 Å². The number of nitrogens with zero attached hydrogens (tertiary/aromatic N) is 3. The van der Waals surface area contributed by atoms with E-state index in [2.05, 4.69) is 15.0 Å². The highest BCUT2D eigenvalue weighted by Gasteiger charge is 2.44. The number of ether oxygens (including phenoxy) is 2. The minimum atomic E-state index is -4.74. The summed E-state index contributed by atoms with van der Waals surface area (Å²) < 4.78 is 49.3. The van der Waals surface area contributed by atoms with Gasteiger partial charge in [-0.3, -0.25) is 0 Å². The predicted octanol–water partition coefficient (Wildman–Crippen LogP) is 7.82. The van der Waals surface area contributed by atoms with E-state index >= 15 is 0 Å². The van der Waals surface area contributed by atoms with Gasteiger partial charge in [0.05, 0.1) is 0 Å². The summed E-state index contributed by atoms with van der Waals surface area (Å²) in [5.74, 6) is -1.42. The topological polar surface area (TPSA) is 86.5 Å². The van der Waals surface area contributed by atoms with Gasteiger partial charge in [0.25, 0.3) is 5.88 Å². The third kappa shape index (κ3) is 6.13. The van der Waals surface area contributed by atoms with Crippen LogP contribution < -0.4 is 9.47 Å². The normalized spacial score (nSPS) is 17.0. The van der Waals surface area contributed by atoms with E-state index in [4.69, 9.17) is 4.74 Å². The lowest BCUT2D eigenvalue weighted by Crippen LogP contribution is -2.40. The number of carbonyl (C=O) groups is 1. The Morgan fingerprint density at radius 3 is 1.67 bits per heavy atom. The van der Waals surface area contributed by atoms with Gasteiger partial charge >= 0.3 is 12.3 Å². The highest BCUT2D eigenvalue weighted by Crippen LogP contribution is 2.43. The highest BCUT2D eigenvalue weighted by atomic mass is 19.4. The van der Waals surface area contributed by atoms with Gasteiger partial charge in [-0.15, -0.1) is 13.2 Å². The molecule has 4 aromatic carbocycles. The summed E-state index contributed by atoms with van der Waals surface area (Å²) in [7, 11) is 0. The first-order valence-corrected chi connectivity index (χ1v) is 14.6. The first kappa shape index (κ1) is 29.9. The number of halogens is 3. The molecule has 0 aliphatic heterocycles. The summed E-state index contributed by atoms with van der Waals surface area (Å²) in [5, 5.41) is 19.4. The number of hydrogen-bond acceptors (Lipinski definition) is 5. The zero-order valence-electron chi connectivity index (χ0n) is 24.1. The van der Waals surface area contributed by atoms with Crippen molar-refractivity contribution in [3.8, 4) is 11.6 Å². The first-order valence-electron chi connectivity index (χ1n) is 14.6. The molecule has 0 unspecified atom stereocenters. The molecule has 45 heavy (non-hydrogen) atoms. The van der Waals surface area contributed by atoms with Gasteiger partial charge in [-0.1, -0.05) is 113 Å². The lowest BCUT2D eigenvalue weighted by atomic mass is 9.77. The van der Waals surface area contributed by atoms with Gasteiger partial charge in [0.2, 0.25) is 5.69 Å². The van der Waals surface area contributed by atoms with Gasteiger partial charge in [0.1, 0.15) is 17.4 Å². The fraction of sp³-hybridized carbons (Fsp3) is 0.229. The standard InChI is InChI=1S/C35H30F3N3O4/c36-35(37,38)45-30-22-18-25(19-23-30)24-16-20-29(21-17-24)44-32-31(33(42)43)41(40-39-32)34(26-10-4-1-5-11-26,27-12-6-2-7-13-27)28-14-8-3-9-15-28/h1-15,18-19,22-24,29H,16-17,20-21H2,(H,42,43). The number of carboxylic acids is 1. The minimum absolute atomic E-state index is 0.0632. The van der Waals surface area contributed by atoms with Crippen molar-refractivity contribution in [3.63, 3.8) is 0 Å². The third-order valence-corrected chi connectivity index (χ3v) is 8.27. The summed E-state index contributed by atoms with van der Waals surface area (Å²) in [6.45, 7) is 0. The SMILES string of the molecule is O=C(O)c1c(OC2CCC(c3ccc(OC(F)(F)F)cc3)CC2)nnn1C(c1ccccc1)(c1ccccc1)c1ccccc1. The number of hydrogen-bond donors (Lipinski definition) is 1. The molecule has 1 aromatic heterocycles. The van der Waals surface area contributed by atoms with E-state index in [1.807, 2.05) is 91.0 Å².